The van der Waals surface area contributed by atoms with Gasteiger partial charge >= 0.3 is 11.3 Å². The van der Waals surface area contributed by atoms with Crippen molar-refractivity contribution in [2.75, 3.05) is 6.61 Å². The molecule has 0 fully saturated rings. The highest BCUT2D eigenvalue weighted by Crippen LogP contribution is 2.33. The molecule has 0 saturated carbocycles. The number of benzene rings is 3. The fraction of sp³-hybridized carbons (Fsp3) is 0.133. The Morgan fingerprint density at radius 2 is 1.79 bits per heavy atom. The molecule has 6 rings (SSSR count). The van der Waals surface area contributed by atoms with Gasteiger partial charge in [-0.1, -0.05) is 30.3 Å². The van der Waals surface area contributed by atoms with Crippen molar-refractivity contribution in [2.45, 2.75) is 19.4 Å². The first-order valence-electron chi connectivity index (χ1n) is 12.2. The molecule has 0 bridgehead atoms. The fourth-order valence-corrected chi connectivity index (χ4v) is 4.72. The van der Waals surface area contributed by atoms with E-state index in [1.54, 1.807) is 55.5 Å². The average Bonchev–Trinajstić information content (AvgIpc) is 3.37. The van der Waals surface area contributed by atoms with Gasteiger partial charge in [0.25, 0.3) is 5.91 Å². The quantitative estimate of drug-likeness (QED) is 0.296. The van der Waals surface area contributed by atoms with Crippen LogP contribution in [0.15, 0.2) is 102 Å². The molecule has 0 radical (unpaired) electrons. The summed E-state index contributed by atoms with van der Waals surface area (Å²) < 4.78 is 30.1. The monoisotopic (exact) mass is 524 g/mol. The van der Waals surface area contributed by atoms with E-state index in [1.165, 1.54) is 23.2 Å². The number of halogens is 1. The van der Waals surface area contributed by atoms with Gasteiger partial charge < -0.3 is 13.6 Å². The lowest BCUT2D eigenvalue weighted by Crippen LogP contribution is -2.31. The number of hydrazone groups is 1. The Morgan fingerprint density at radius 3 is 2.62 bits per heavy atom. The van der Waals surface area contributed by atoms with Crippen LogP contribution in [-0.2, 0) is 4.79 Å². The zero-order chi connectivity index (χ0) is 27.1. The number of hydrogen-bond acceptors (Lipinski definition) is 7. The number of fused-ring (bicyclic) bond motifs is 2. The van der Waals surface area contributed by atoms with Crippen LogP contribution in [0.5, 0.6) is 5.75 Å². The van der Waals surface area contributed by atoms with E-state index in [0.717, 1.165) is 16.3 Å². The van der Waals surface area contributed by atoms with Gasteiger partial charge in [0.2, 0.25) is 0 Å². The van der Waals surface area contributed by atoms with Gasteiger partial charge in [-0.2, -0.15) is 5.10 Å². The number of hydrogen-bond donors (Lipinski definition) is 0. The third kappa shape index (κ3) is 4.70. The molecule has 0 saturated heterocycles. The summed E-state index contributed by atoms with van der Waals surface area (Å²) in [5.41, 5.74) is 1.79. The zero-order valence-corrected chi connectivity index (χ0v) is 20.7. The third-order valence-corrected chi connectivity index (χ3v) is 6.66. The second-order valence-electron chi connectivity index (χ2n) is 9.24. The van der Waals surface area contributed by atoms with E-state index in [4.69, 9.17) is 13.6 Å². The molecule has 1 unspecified atom stereocenters. The Balaban J connectivity index is 1.31. The molecule has 9 heteroatoms. The lowest BCUT2D eigenvalue weighted by atomic mass is 9.98. The minimum Gasteiger partial charge on any atom is -0.484 e. The first kappa shape index (κ1) is 24.3. The number of aryl methyl sites for hydroxylation is 1. The summed E-state index contributed by atoms with van der Waals surface area (Å²) in [5, 5.41) is 7.23. The van der Waals surface area contributed by atoms with Crippen molar-refractivity contribution in [1.82, 2.24) is 5.01 Å². The van der Waals surface area contributed by atoms with E-state index in [9.17, 15) is 18.8 Å². The van der Waals surface area contributed by atoms with Crippen molar-refractivity contribution in [3.8, 4) is 5.75 Å². The molecule has 3 heterocycles. The molecule has 3 aromatic carbocycles. The van der Waals surface area contributed by atoms with Gasteiger partial charge in [0, 0.05) is 29.3 Å². The number of ether oxygens (including phenoxy) is 1. The molecule has 194 valence electrons. The molecule has 1 aliphatic heterocycles. The highest BCUT2D eigenvalue weighted by molar-refractivity contribution is 6.04. The number of para-hydroxylation sites is 1. The van der Waals surface area contributed by atoms with E-state index < -0.39 is 29.0 Å². The number of nitrogens with zero attached hydrogens (tertiary/aromatic N) is 2. The minimum absolute atomic E-state index is 0.223. The molecule has 0 N–H and O–H groups in total. The topological polar surface area (TPSA) is 102 Å². The standard InChI is InChI=1S/C30H21FN2O6/c1-17-12-29(35)38-27-14-21(10-11-22(17)27)37-16-28(34)33-25(18-6-8-20(31)9-7-18)15-24(32-33)23-13-19-4-2-3-5-26(19)39-30(23)36/h2-14,25H,15-16H2,1H3. The maximum atomic E-state index is 13.6. The van der Waals surface area contributed by atoms with Crippen molar-refractivity contribution in [1.29, 1.82) is 0 Å². The van der Waals surface area contributed by atoms with E-state index in [0.29, 0.717) is 28.2 Å². The molecule has 0 spiro atoms. The van der Waals surface area contributed by atoms with Crippen LogP contribution in [0.2, 0.25) is 0 Å². The molecule has 1 amide bonds. The molecule has 1 aliphatic rings. The second-order valence-corrected chi connectivity index (χ2v) is 9.24. The van der Waals surface area contributed by atoms with Gasteiger partial charge in [-0.15, -0.1) is 0 Å². The van der Waals surface area contributed by atoms with Crippen molar-refractivity contribution < 1.29 is 22.8 Å². The maximum Gasteiger partial charge on any atom is 0.345 e. The molecule has 1 atom stereocenters. The summed E-state index contributed by atoms with van der Waals surface area (Å²) in [6, 6.07) is 20.4. The SMILES string of the molecule is Cc1cc(=O)oc2cc(OCC(=O)N3N=C(c4cc5ccccc5oc4=O)CC3c3ccc(F)cc3)ccc12. The molecule has 0 aliphatic carbocycles. The molecule has 8 nitrogen and oxygen atoms in total. The second kappa shape index (κ2) is 9.68. The Kier molecular flexibility index (Phi) is 6.03. The van der Waals surface area contributed by atoms with Crippen LogP contribution in [0.25, 0.3) is 21.9 Å². The molecular weight excluding hydrogens is 503 g/mol. The van der Waals surface area contributed by atoms with Gasteiger partial charge in [0.05, 0.1) is 17.3 Å². The minimum atomic E-state index is -0.583. The predicted octanol–water partition coefficient (Wildman–Crippen LogP) is 5.10. The first-order chi connectivity index (χ1) is 18.9. The highest BCUT2D eigenvalue weighted by atomic mass is 19.1. The van der Waals surface area contributed by atoms with Crippen molar-refractivity contribution >= 4 is 33.6 Å². The lowest BCUT2D eigenvalue weighted by molar-refractivity contribution is -0.135. The zero-order valence-electron chi connectivity index (χ0n) is 20.7. The van der Waals surface area contributed by atoms with Crippen LogP contribution in [-0.4, -0.2) is 23.2 Å². The first-order valence-corrected chi connectivity index (χ1v) is 12.2. The molecule has 2 aromatic heterocycles. The van der Waals surface area contributed by atoms with Crippen molar-refractivity contribution in [3.05, 3.63) is 122 Å². The van der Waals surface area contributed by atoms with E-state index in [1.807, 2.05) is 12.1 Å². The van der Waals surface area contributed by atoms with Gasteiger partial charge in [0.15, 0.2) is 6.61 Å². The Morgan fingerprint density at radius 1 is 1.00 bits per heavy atom. The summed E-state index contributed by atoms with van der Waals surface area (Å²) >= 11 is 0. The number of carbonyl (C=O) groups is 1. The number of amides is 1. The van der Waals surface area contributed by atoms with Crippen LogP contribution < -0.4 is 16.0 Å². The Bertz CT molecular complexity index is 1890. The molecule has 5 aromatic rings. The third-order valence-electron chi connectivity index (χ3n) is 6.66. The van der Waals surface area contributed by atoms with Crippen LogP contribution in [0.3, 0.4) is 0 Å². The average molecular weight is 525 g/mol. The summed E-state index contributed by atoms with van der Waals surface area (Å²) in [5.74, 6) is -0.552. The van der Waals surface area contributed by atoms with Gasteiger partial charge in [0.1, 0.15) is 22.7 Å². The van der Waals surface area contributed by atoms with Crippen LogP contribution in [0.4, 0.5) is 4.39 Å². The van der Waals surface area contributed by atoms with Gasteiger partial charge in [-0.25, -0.2) is 19.0 Å². The van der Waals surface area contributed by atoms with Crippen LogP contribution in [0, 0.1) is 12.7 Å². The maximum absolute atomic E-state index is 13.6. The van der Waals surface area contributed by atoms with E-state index in [-0.39, 0.29) is 18.6 Å². The van der Waals surface area contributed by atoms with Gasteiger partial charge in [-0.05, 0) is 54.4 Å². The summed E-state index contributed by atoms with van der Waals surface area (Å²) in [6.07, 6.45) is 0.223. The van der Waals surface area contributed by atoms with Gasteiger partial charge in [-0.3, -0.25) is 4.79 Å². The van der Waals surface area contributed by atoms with Crippen molar-refractivity contribution in [3.63, 3.8) is 0 Å². The molecule has 39 heavy (non-hydrogen) atoms. The number of rotatable bonds is 5. The van der Waals surface area contributed by atoms with Crippen LogP contribution in [0.1, 0.15) is 29.2 Å². The largest absolute Gasteiger partial charge is 0.484 e. The smallest absolute Gasteiger partial charge is 0.345 e. The summed E-state index contributed by atoms with van der Waals surface area (Å²) in [6.45, 7) is 1.43. The summed E-state index contributed by atoms with van der Waals surface area (Å²) in [4.78, 5) is 37.9. The van der Waals surface area contributed by atoms with E-state index >= 15 is 0 Å². The summed E-state index contributed by atoms with van der Waals surface area (Å²) in [7, 11) is 0. The highest BCUT2D eigenvalue weighted by Gasteiger charge is 2.34. The lowest BCUT2D eigenvalue weighted by Gasteiger charge is -2.22. The normalized spacial score (nSPS) is 15.1. The predicted molar refractivity (Wildman–Crippen MR) is 142 cm³/mol. The Hall–Kier alpha value is -5.05. The van der Waals surface area contributed by atoms with E-state index in [2.05, 4.69) is 5.10 Å². The van der Waals surface area contributed by atoms with Crippen LogP contribution >= 0.6 is 0 Å². The molecular formula is C30H21FN2O6. The fourth-order valence-electron chi connectivity index (χ4n) is 4.72. The number of carbonyl (C=O) groups excluding carboxylic acids is 1. The Labute approximate surface area is 220 Å². The van der Waals surface area contributed by atoms with Crippen molar-refractivity contribution in [2.24, 2.45) is 5.10 Å².